The fourth-order valence-electron chi connectivity index (χ4n) is 3.41. The van der Waals surface area contributed by atoms with Crippen molar-refractivity contribution in [2.45, 2.75) is 32.3 Å². The summed E-state index contributed by atoms with van der Waals surface area (Å²) >= 11 is 0. The van der Waals surface area contributed by atoms with Gasteiger partial charge >= 0.3 is 0 Å². The third-order valence-electron chi connectivity index (χ3n) is 4.86. The van der Waals surface area contributed by atoms with Crippen LogP contribution in [0.4, 0.5) is 5.69 Å². The van der Waals surface area contributed by atoms with E-state index in [1.54, 1.807) is 7.11 Å². The van der Waals surface area contributed by atoms with Crippen molar-refractivity contribution in [3.05, 3.63) is 65.2 Å². The lowest BCUT2D eigenvalue weighted by atomic mass is 9.82. The highest BCUT2D eigenvalue weighted by molar-refractivity contribution is 6.54. The van der Waals surface area contributed by atoms with E-state index in [0.29, 0.717) is 12.1 Å². The molecule has 0 N–H and O–H groups in total. The summed E-state index contributed by atoms with van der Waals surface area (Å²) < 4.78 is 11.4. The molecule has 2 aromatic carbocycles. The molecular weight excluding hydrogens is 326 g/mol. The van der Waals surface area contributed by atoms with Crippen LogP contribution in [0.25, 0.3) is 5.76 Å². The average Bonchev–Trinajstić information content (AvgIpc) is 2.65. The number of methoxy groups -OCH3 is 1. The maximum absolute atomic E-state index is 13.2. The molecule has 1 aliphatic heterocycles. The molecular formula is C22H21NO3. The summed E-state index contributed by atoms with van der Waals surface area (Å²) in [5, 5.41) is 0. The molecule has 4 nitrogen and oxygen atoms in total. The number of hydrogen-bond acceptors (Lipinski definition) is 4. The first kappa shape index (κ1) is 16.6. The molecule has 26 heavy (non-hydrogen) atoms. The van der Waals surface area contributed by atoms with Crippen molar-refractivity contribution in [3.8, 4) is 5.75 Å². The molecule has 0 bridgehead atoms. The van der Waals surface area contributed by atoms with E-state index in [9.17, 15) is 4.79 Å². The lowest BCUT2D eigenvalue weighted by Gasteiger charge is -2.36. The van der Waals surface area contributed by atoms with E-state index in [4.69, 9.17) is 9.47 Å². The molecule has 0 unspecified atom stereocenters. The van der Waals surface area contributed by atoms with Gasteiger partial charge in [0, 0.05) is 16.7 Å². The number of nitrogens with zero attached hydrogens (tertiary/aromatic N) is 1. The Kier molecular flexibility index (Phi) is 3.91. The van der Waals surface area contributed by atoms with E-state index >= 15 is 0 Å². The van der Waals surface area contributed by atoms with Crippen LogP contribution >= 0.6 is 0 Å². The molecule has 0 fully saturated rings. The van der Waals surface area contributed by atoms with Crippen molar-refractivity contribution in [2.24, 2.45) is 4.99 Å². The van der Waals surface area contributed by atoms with Crippen LogP contribution in [0.2, 0.25) is 0 Å². The number of Topliss-reactive ketones (excluding diaryl/α,β-unsaturated/α-hetero) is 1. The van der Waals surface area contributed by atoms with Gasteiger partial charge in [-0.2, -0.15) is 0 Å². The molecule has 2 aromatic rings. The average molecular weight is 347 g/mol. The van der Waals surface area contributed by atoms with Crippen LogP contribution < -0.4 is 4.74 Å². The molecule has 4 heteroatoms. The third kappa shape index (κ3) is 2.81. The Labute approximate surface area is 153 Å². The van der Waals surface area contributed by atoms with E-state index in [-0.39, 0.29) is 11.4 Å². The summed E-state index contributed by atoms with van der Waals surface area (Å²) in [6, 6.07) is 15.2. The van der Waals surface area contributed by atoms with Crippen molar-refractivity contribution in [2.75, 3.05) is 7.11 Å². The monoisotopic (exact) mass is 347 g/mol. The molecule has 0 radical (unpaired) electrons. The minimum absolute atomic E-state index is 0.0370. The van der Waals surface area contributed by atoms with Gasteiger partial charge in [0.25, 0.3) is 0 Å². The molecule has 2 aliphatic rings. The molecule has 0 saturated carbocycles. The number of aliphatic imine (C=N–C) groups is 1. The zero-order chi connectivity index (χ0) is 18.3. The van der Waals surface area contributed by atoms with Gasteiger partial charge in [0.05, 0.1) is 12.8 Å². The predicted octanol–water partition coefficient (Wildman–Crippen LogP) is 4.70. The van der Waals surface area contributed by atoms with Gasteiger partial charge in [0.1, 0.15) is 22.8 Å². The van der Waals surface area contributed by atoms with E-state index < -0.39 is 0 Å². The number of carbonyl (C=O) groups is 1. The zero-order valence-corrected chi connectivity index (χ0v) is 15.2. The molecule has 1 heterocycles. The number of rotatable bonds is 2. The minimum atomic E-state index is -0.267. The number of carbonyl (C=O) groups excluding carboxylic acids is 1. The summed E-state index contributed by atoms with van der Waals surface area (Å²) in [5.41, 5.74) is 3.44. The van der Waals surface area contributed by atoms with Crippen LogP contribution in [-0.2, 0) is 9.53 Å². The number of benzene rings is 2. The quantitative estimate of drug-likeness (QED) is 0.791. The summed E-state index contributed by atoms with van der Waals surface area (Å²) in [4.78, 5) is 17.8. The summed E-state index contributed by atoms with van der Waals surface area (Å²) in [5.74, 6) is 1.44. The predicted molar refractivity (Wildman–Crippen MR) is 102 cm³/mol. The van der Waals surface area contributed by atoms with Crippen LogP contribution in [0.1, 0.15) is 37.8 Å². The minimum Gasteiger partial charge on any atom is -0.497 e. The largest absolute Gasteiger partial charge is 0.497 e. The molecule has 1 aliphatic carbocycles. The van der Waals surface area contributed by atoms with Crippen LogP contribution in [-0.4, -0.2) is 24.2 Å². The highest BCUT2D eigenvalue weighted by Crippen LogP contribution is 2.41. The van der Waals surface area contributed by atoms with Gasteiger partial charge in [-0.05, 0) is 51.0 Å². The number of fused-ring (bicyclic) bond motifs is 2. The number of hydrogen-bond donors (Lipinski definition) is 0. The summed E-state index contributed by atoms with van der Waals surface area (Å²) in [7, 11) is 1.63. The number of ketones is 1. The van der Waals surface area contributed by atoms with Crippen LogP contribution in [0, 0.1) is 0 Å². The van der Waals surface area contributed by atoms with Crippen molar-refractivity contribution >= 4 is 22.9 Å². The Bertz CT molecular complexity index is 936. The molecule has 0 atom stereocenters. The molecule has 4 rings (SSSR count). The second-order valence-corrected chi connectivity index (χ2v) is 7.20. The normalized spacial score (nSPS) is 19.7. The SMILES string of the molecule is COc1ccc(N=C2C(=O)C3=C(OC(C)(C)CC3)c3ccccc32)cc1. The second-order valence-electron chi connectivity index (χ2n) is 7.20. The van der Waals surface area contributed by atoms with E-state index in [1.165, 1.54) is 0 Å². The van der Waals surface area contributed by atoms with Gasteiger partial charge in [-0.3, -0.25) is 4.79 Å². The van der Waals surface area contributed by atoms with E-state index in [0.717, 1.165) is 40.3 Å². The maximum Gasteiger partial charge on any atom is 0.211 e. The Balaban J connectivity index is 1.84. The van der Waals surface area contributed by atoms with Gasteiger partial charge in [0.15, 0.2) is 0 Å². The summed E-state index contributed by atoms with van der Waals surface area (Å²) in [6.07, 6.45) is 1.52. The lowest BCUT2D eigenvalue weighted by Crippen LogP contribution is -2.34. The topological polar surface area (TPSA) is 47.9 Å². The van der Waals surface area contributed by atoms with Gasteiger partial charge in [-0.25, -0.2) is 4.99 Å². The lowest BCUT2D eigenvalue weighted by molar-refractivity contribution is -0.110. The van der Waals surface area contributed by atoms with Crippen LogP contribution in [0.5, 0.6) is 5.75 Å². The Morgan fingerprint density at radius 2 is 1.73 bits per heavy atom. The van der Waals surface area contributed by atoms with Gasteiger partial charge in [0.2, 0.25) is 5.78 Å². The molecule has 0 spiro atoms. The maximum atomic E-state index is 13.2. The smallest absolute Gasteiger partial charge is 0.211 e. The second kappa shape index (κ2) is 6.13. The van der Waals surface area contributed by atoms with Gasteiger partial charge in [-0.1, -0.05) is 24.3 Å². The standard InChI is InChI=1S/C22H21NO3/c1-22(2)13-12-18-20(24)19(23-14-8-10-15(25-3)11-9-14)16-6-4-5-7-17(16)21(18)26-22/h4-11H,12-13H2,1-3H3. The van der Waals surface area contributed by atoms with Crippen LogP contribution in [0.3, 0.4) is 0 Å². The van der Waals surface area contributed by atoms with Crippen molar-refractivity contribution in [1.29, 1.82) is 0 Å². The number of allylic oxidation sites excluding steroid dienone is 1. The van der Waals surface area contributed by atoms with Gasteiger partial charge < -0.3 is 9.47 Å². The Morgan fingerprint density at radius 3 is 2.42 bits per heavy atom. The molecule has 0 amide bonds. The van der Waals surface area contributed by atoms with Gasteiger partial charge in [-0.15, -0.1) is 0 Å². The highest BCUT2D eigenvalue weighted by atomic mass is 16.5. The fourth-order valence-corrected chi connectivity index (χ4v) is 3.41. The van der Waals surface area contributed by atoms with Crippen molar-refractivity contribution < 1.29 is 14.3 Å². The fraction of sp³-hybridized carbons (Fsp3) is 0.273. The van der Waals surface area contributed by atoms with Crippen molar-refractivity contribution in [1.82, 2.24) is 0 Å². The van der Waals surface area contributed by atoms with E-state index in [1.807, 2.05) is 48.5 Å². The highest BCUT2D eigenvalue weighted by Gasteiger charge is 2.38. The first-order valence-corrected chi connectivity index (χ1v) is 8.78. The molecule has 0 aromatic heterocycles. The van der Waals surface area contributed by atoms with E-state index in [2.05, 4.69) is 18.8 Å². The molecule has 132 valence electrons. The number of ether oxygens (including phenoxy) is 2. The Morgan fingerprint density at radius 1 is 1.04 bits per heavy atom. The third-order valence-corrected chi connectivity index (χ3v) is 4.86. The first-order chi connectivity index (χ1) is 12.5. The molecule has 0 saturated heterocycles. The van der Waals surface area contributed by atoms with Crippen LogP contribution in [0.15, 0.2) is 59.1 Å². The summed E-state index contributed by atoms with van der Waals surface area (Å²) in [6.45, 7) is 4.12. The Hall–Kier alpha value is -2.88. The first-order valence-electron chi connectivity index (χ1n) is 8.78. The van der Waals surface area contributed by atoms with Crippen molar-refractivity contribution in [3.63, 3.8) is 0 Å². The zero-order valence-electron chi connectivity index (χ0n) is 15.2.